The Hall–Kier alpha value is -2.92. The number of allylic oxidation sites excluding steroid dienone is 1. The molecule has 4 rings (SSSR count). The number of Topliss-reactive ketones (excluding diaryl/α,β-unsaturated/α-hetero) is 1. The van der Waals surface area contributed by atoms with Crippen LogP contribution < -0.4 is 10.6 Å². The molecule has 2 N–H and O–H groups in total. The largest absolute Gasteiger partial charge is 0.329 e. The van der Waals surface area contributed by atoms with E-state index in [2.05, 4.69) is 10.6 Å². The van der Waals surface area contributed by atoms with Gasteiger partial charge in [0.1, 0.15) is 0 Å². The van der Waals surface area contributed by atoms with Gasteiger partial charge < -0.3 is 10.6 Å². The third-order valence-corrected chi connectivity index (χ3v) is 5.49. The molecule has 28 heavy (non-hydrogen) atoms. The molecule has 1 aliphatic heterocycles. The van der Waals surface area contributed by atoms with Crippen molar-refractivity contribution in [2.24, 2.45) is 5.92 Å². The van der Waals surface area contributed by atoms with Crippen molar-refractivity contribution in [3.8, 4) is 0 Å². The van der Waals surface area contributed by atoms with Crippen molar-refractivity contribution in [3.63, 3.8) is 0 Å². The van der Waals surface area contributed by atoms with Crippen LogP contribution in [0.3, 0.4) is 0 Å². The summed E-state index contributed by atoms with van der Waals surface area (Å²) in [4.78, 5) is 38.0. The fraction of sp³-hybridized carbons (Fsp3) is 0.227. The number of rotatable bonds is 3. The van der Waals surface area contributed by atoms with E-state index in [9.17, 15) is 14.4 Å². The minimum Gasteiger partial charge on any atom is -0.329 e. The number of ketones is 1. The summed E-state index contributed by atoms with van der Waals surface area (Å²) in [6, 6.07) is 16.5. The number of amides is 2. The molecule has 2 aromatic rings. The van der Waals surface area contributed by atoms with Crippen LogP contribution in [0.25, 0.3) is 0 Å². The smallest absolute Gasteiger partial charge is 0.232 e. The van der Waals surface area contributed by atoms with Gasteiger partial charge in [0.15, 0.2) is 5.78 Å². The number of anilines is 1. The molecule has 0 bridgehead atoms. The van der Waals surface area contributed by atoms with Gasteiger partial charge in [-0.15, -0.1) is 0 Å². The molecule has 2 amide bonds. The van der Waals surface area contributed by atoms with Gasteiger partial charge in [0.25, 0.3) is 0 Å². The van der Waals surface area contributed by atoms with Gasteiger partial charge in [0.05, 0.1) is 5.92 Å². The Labute approximate surface area is 167 Å². The van der Waals surface area contributed by atoms with Gasteiger partial charge in [0.2, 0.25) is 11.8 Å². The second kappa shape index (κ2) is 7.60. The standard InChI is InChI=1S/C22H19ClN2O3/c23-15-6-8-16(9-7-15)24-22(28)17-12-20(27)25-18-10-14(11-19(26)21(17)18)13-4-2-1-3-5-13/h1-9,14,17H,10-12H2,(H,24,28)(H,25,27)/t14-,17-/m1/s1. The van der Waals surface area contributed by atoms with E-state index in [1.807, 2.05) is 30.3 Å². The van der Waals surface area contributed by atoms with Crippen LogP contribution >= 0.6 is 11.6 Å². The predicted molar refractivity (Wildman–Crippen MR) is 107 cm³/mol. The summed E-state index contributed by atoms with van der Waals surface area (Å²) in [5.41, 5.74) is 2.66. The maximum Gasteiger partial charge on any atom is 0.232 e. The molecule has 0 radical (unpaired) electrons. The number of carbonyl (C=O) groups is 3. The second-order valence-corrected chi connectivity index (χ2v) is 7.57. The molecule has 6 heteroatoms. The van der Waals surface area contributed by atoms with Crippen molar-refractivity contribution in [2.75, 3.05) is 5.32 Å². The highest BCUT2D eigenvalue weighted by atomic mass is 35.5. The fourth-order valence-electron chi connectivity index (χ4n) is 3.91. The number of benzene rings is 2. The number of carbonyl (C=O) groups excluding carboxylic acids is 3. The van der Waals surface area contributed by atoms with Crippen molar-refractivity contribution >= 4 is 34.9 Å². The van der Waals surface area contributed by atoms with E-state index in [0.29, 0.717) is 34.8 Å². The number of halogens is 1. The zero-order valence-corrected chi connectivity index (χ0v) is 15.8. The first kappa shape index (κ1) is 18.4. The molecule has 2 aliphatic rings. The molecule has 0 fully saturated rings. The summed E-state index contributed by atoms with van der Waals surface area (Å²) in [6.07, 6.45) is 0.852. The highest BCUT2D eigenvalue weighted by molar-refractivity contribution is 6.30. The summed E-state index contributed by atoms with van der Waals surface area (Å²) < 4.78 is 0. The van der Waals surface area contributed by atoms with E-state index in [0.717, 1.165) is 5.56 Å². The Morgan fingerprint density at radius 1 is 0.964 bits per heavy atom. The van der Waals surface area contributed by atoms with Gasteiger partial charge in [-0.05, 0) is 42.2 Å². The highest BCUT2D eigenvalue weighted by Crippen LogP contribution is 2.39. The Balaban J connectivity index is 1.60. The van der Waals surface area contributed by atoms with E-state index in [-0.39, 0.29) is 29.9 Å². The van der Waals surface area contributed by atoms with Crippen LogP contribution in [0.4, 0.5) is 5.69 Å². The first-order valence-corrected chi connectivity index (χ1v) is 9.56. The van der Waals surface area contributed by atoms with E-state index >= 15 is 0 Å². The summed E-state index contributed by atoms with van der Waals surface area (Å²) in [7, 11) is 0. The van der Waals surface area contributed by atoms with Crippen LogP contribution in [-0.4, -0.2) is 17.6 Å². The Bertz CT molecular complexity index is 967. The Kier molecular flexibility index (Phi) is 5.01. The highest BCUT2D eigenvalue weighted by Gasteiger charge is 2.40. The molecule has 0 spiro atoms. The number of nitrogens with one attached hydrogen (secondary N) is 2. The molecular formula is C22H19ClN2O3. The van der Waals surface area contributed by atoms with E-state index < -0.39 is 5.92 Å². The van der Waals surface area contributed by atoms with Crippen LogP contribution in [0.2, 0.25) is 5.02 Å². The first-order valence-electron chi connectivity index (χ1n) is 9.18. The first-order chi connectivity index (χ1) is 13.5. The maximum absolute atomic E-state index is 12.9. The zero-order valence-electron chi connectivity index (χ0n) is 15.1. The molecule has 0 unspecified atom stereocenters. The van der Waals surface area contributed by atoms with Gasteiger partial charge in [-0.2, -0.15) is 0 Å². The quantitative estimate of drug-likeness (QED) is 0.831. The molecule has 0 aromatic heterocycles. The van der Waals surface area contributed by atoms with Gasteiger partial charge in [-0.3, -0.25) is 14.4 Å². The Morgan fingerprint density at radius 3 is 2.39 bits per heavy atom. The predicted octanol–water partition coefficient (Wildman–Crippen LogP) is 3.82. The van der Waals surface area contributed by atoms with Crippen molar-refractivity contribution < 1.29 is 14.4 Å². The lowest BCUT2D eigenvalue weighted by atomic mass is 9.75. The lowest BCUT2D eigenvalue weighted by molar-refractivity contribution is -0.129. The molecule has 2 aromatic carbocycles. The third-order valence-electron chi connectivity index (χ3n) is 5.24. The number of hydrogen-bond donors (Lipinski definition) is 2. The summed E-state index contributed by atoms with van der Waals surface area (Å²) >= 11 is 5.87. The van der Waals surface area contributed by atoms with Crippen LogP contribution in [0.1, 0.15) is 30.7 Å². The van der Waals surface area contributed by atoms with Crippen molar-refractivity contribution in [1.82, 2.24) is 5.32 Å². The van der Waals surface area contributed by atoms with Crippen LogP contribution in [0.5, 0.6) is 0 Å². The lowest BCUT2D eigenvalue weighted by Gasteiger charge is -2.33. The summed E-state index contributed by atoms with van der Waals surface area (Å²) in [5.74, 6) is -1.44. The van der Waals surface area contributed by atoms with Crippen LogP contribution in [0.15, 0.2) is 65.9 Å². The molecular weight excluding hydrogens is 376 g/mol. The maximum atomic E-state index is 12.9. The normalized spacial score (nSPS) is 21.8. The van der Waals surface area contributed by atoms with Gasteiger partial charge in [-0.25, -0.2) is 0 Å². The van der Waals surface area contributed by atoms with E-state index in [1.165, 1.54) is 0 Å². The minimum atomic E-state index is -0.774. The van der Waals surface area contributed by atoms with Crippen molar-refractivity contribution in [1.29, 1.82) is 0 Å². The van der Waals surface area contributed by atoms with Gasteiger partial charge in [-0.1, -0.05) is 41.9 Å². The fourth-order valence-corrected chi connectivity index (χ4v) is 4.03. The SMILES string of the molecule is O=C1C[C@@H](C(=O)Nc2ccc(Cl)cc2)C2=C(C[C@@H](c3ccccc3)CC2=O)N1. The minimum absolute atomic E-state index is 0.00539. The third kappa shape index (κ3) is 3.71. The van der Waals surface area contributed by atoms with Crippen molar-refractivity contribution in [2.45, 2.75) is 25.2 Å². The Morgan fingerprint density at radius 2 is 1.68 bits per heavy atom. The van der Waals surface area contributed by atoms with E-state index in [1.54, 1.807) is 24.3 Å². The summed E-state index contributed by atoms with van der Waals surface area (Å²) in [5, 5.41) is 6.18. The molecule has 1 aliphatic carbocycles. The lowest BCUT2D eigenvalue weighted by Crippen LogP contribution is -2.43. The molecule has 142 valence electrons. The molecule has 0 saturated carbocycles. The van der Waals surface area contributed by atoms with Gasteiger partial charge in [0, 0.05) is 34.8 Å². The second-order valence-electron chi connectivity index (χ2n) is 7.13. The monoisotopic (exact) mass is 394 g/mol. The summed E-state index contributed by atoms with van der Waals surface area (Å²) in [6.45, 7) is 0. The number of hydrogen-bond acceptors (Lipinski definition) is 3. The van der Waals surface area contributed by atoms with Crippen molar-refractivity contribution in [3.05, 3.63) is 76.5 Å². The van der Waals surface area contributed by atoms with Gasteiger partial charge >= 0.3 is 0 Å². The topological polar surface area (TPSA) is 75.3 Å². The van der Waals surface area contributed by atoms with Crippen LogP contribution in [0, 0.1) is 5.92 Å². The molecule has 2 atom stereocenters. The average Bonchev–Trinajstić information content (AvgIpc) is 2.69. The zero-order chi connectivity index (χ0) is 19.7. The van der Waals surface area contributed by atoms with E-state index in [4.69, 9.17) is 11.6 Å². The average molecular weight is 395 g/mol. The molecule has 5 nitrogen and oxygen atoms in total. The molecule has 1 heterocycles. The molecule has 0 saturated heterocycles. The van der Waals surface area contributed by atoms with Crippen LogP contribution in [-0.2, 0) is 14.4 Å².